The van der Waals surface area contributed by atoms with Crippen LogP contribution in [0.15, 0.2) is 30.3 Å². The number of nitro groups is 1. The van der Waals surface area contributed by atoms with Gasteiger partial charge < -0.3 is 10.6 Å². The van der Waals surface area contributed by atoms with E-state index in [0.29, 0.717) is 11.4 Å². The van der Waals surface area contributed by atoms with Crippen molar-refractivity contribution in [1.29, 1.82) is 0 Å². The normalized spacial score (nSPS) is 10.1. The van der Waals surface area contributed by atoms with E-state index in [4.69, 9.17) is 11.6 Å². The van der Waals surface area contributed by atoms with Gasteiger partial charge in [-0.3, -0.25) is 19.7 Å². The van der Waals surface area contributed by atoms with Gasteiger partial charge in [-0.15, -0.1) is 11.3 Å². The highest BCUT2D eigenvalue weighted by molar-refractivity contribution is 7.18. The standard InChI is InChI=1S/C13H10ClN3O4S/c1-7(18)15-8-3-2-4-9(5-8)16-13(19)11-6-10(17(20)21)12(14)22-11/h2-6H,1H3,(H,15,18)(H,16,19). The van der Waals surface area contributed by atoms with Crippen LogP contribution in [-0.4, -0.2) is 16.7 Å². The van der Waals surface area contributed by atoms with Crippen molar-refractivity contribution in [3.63, 3.8) is 0 Å². The fraction of sp³-hybridized carbons (Fsp3) is 0.0769. The second-order valence-corrected chi connectivity index (χ2v) is 5.90. The SMILES string of the molecule is CC(=O)Nc1cccc(NC(=O)c2cc([N+](=O)[O-])c(Cl)s2)c1. The second kappa shape index (κ2) is 6.54. The zero-order chi connectivity index (χ0) is 16.3. The first-order chi connectivity index (χ1) is 10.4. The molecule has 2 amide bonds. The van der Waals surface area contributed by atoms with Crippen LogP contribution in [0.4, 0.5) is 17.1 Å². The van der Waals surface area contributed by atoms with E-state index in [1.807, 2.05) is 0 Å². The number of carbonyl (C=O) groups is 2. The van der Waals surface area contributed by atoms with Crippen LogP contribution in [-0.2, 0) is 4.79 Å². The number of hydrogen-bond donors (Lipinski definition) is 2. The summed E-state index contributed by atoms with van der Waals surface area (Å²) in [6.45, 7) is 1.37. The van der Waals surface area contributed by atoms with E-state index >= 15 is 0 Å². The van der Waals surface area contributed by atoms with E-state index in [2.05, 4.69) is 10.6 Å². The van der Waals surface area contributed by atoms with Gasteiger partial charge >= 0.3 is 0 Å². The van der Waals surface area contributed by atoms with Crippen LogP contribution in [0.1, 0.15) is 16.6 Å². The van der Waals surface area contributed by atoms with Crippen molar-refractivity contribution < 1.29 is 14.5 Å². The van der Waals surface area contributed by atoms with Crippen LogP contribution in [0, 0.1) is 10.1 Å². The molecule has 0 aliphatic carbocycles. The average Bonchev–Trinajstić information content (AvgIpc) is 2.80. The predicted octanol–water partition coefficient (Wildman–Crippen LogP) is 3.52. The third kappa shape index (κ3) is 3.80. The number of amides is 2. The Morgan fingerprint density at radius 1 is 1.23 bits per heavy atom. The number of nitrogens with zero attached hydrogens (tertiary/aromatic N) is 1. The van der Waals surface area contributed by atoms with Crippen molar-refractivity contribution in [3.05, 3.63) is 49.7 Å². The molecule has 0 aliphatic rings. The molecule has 0 fully saturated rings. The number of carbonyl (C=O) groups excluding carboxylic acids is 2. The first kappa shape index (κ1) is 15.9. The highest BCUT2D eigenvalue weighted by atomic mass is 35.5. The lowest BCUT2D eigenvalue weighted by atomic mass is 10.2. The zero-order valence-corrected chi connectivity index (χ0v) is 12.8. The molecule has 0 spiro atoms. The first-order valence-corrected chi connectivity index (χ1v) is 7.19. The molecule has 7 nitrogen and oxygen atoms in total. The molecule has 2 N–H and O–H groups in total. The Hall–Kier alpha value is -2.45. The summed E-state index contributed by atoms with van der Waals surface area (Å²) in [5, 5.41) is 15.9. The third-order valence-electron chi connectivity index (χ3n) is 2.53. The molecule has 2 rings (SSSR count). The molecule has 0 aliphatic heterocycles. The van der Waals surface area contributed by atoms with Gasteiger partial charge in [-0.2, -0.15) is 0 Å². The molecular formula is C13H10ClN3O4S. The molecule has 114 valence electrons. The molecular weight excluding hydrogens is 330 g/mol. The van der Waals surface area contributed by atoms with Gasteiger partial charge in [-0.05, 0) is 18.2 Å². The number of rotatable bonds is 4. The molecule has 9 heteroatoms. The number of halogens is 1. The summed E-state index contributed by atoms with van der Waals surface area (Å²) in [6, 6.07) is 7.66. The molecule has 1 aromatic carbocycles. The van der Waals surface area contributed by atoms with Crippen molar-refractivity contribution in [3.8, 4) is 0 Å². The van der Waals surface area contributed by atoms with Crippen molar-refractivity contribution in [1.82, 2.24) is 0 Å². The highest BCUT2D eigenvalue weighted by Crippen LogP contribution is 2.34. The summed E-state index contributed by atoms with van der Waals surface area (Å²) in [7, 11) is 0. The largest absolute Gasteiger partial charge is 0.326 e. The lowest BCUT2D eigenvalue weighted by Gasteiger charge is -2.06. The van der Waals surface area contributed by atoms with E-state index in [9.17, 15) is 19.7 Å². The maximum absolute atomic E-state index is 12.1. The van der Waals surface area contributed by atoms with E-state index in [1.54, 1.807) is 24.3 Å². The Bertz CT molecular complexity index is 759. The summed E-state index contributed by atoms with van der Waals surface area (Å²) < 4.78 is -0.0536. The Labute approximate surface area is 134 Å². The van der Waals surface area contributed by atoms with Gasteiger partial charge in [0.15, 0.2) is 4.34 Å². The summed E-state index contributed by atoms with van der Waals surface area (Å²) in [6.07, 6.45) is 0. The smallest absolute Gasteiger partial charge is 0.299 e. The summed E-state index contributed by atoms with van der Waals surface area (Å²) in [5.41, 5.74) is 0.674. The van der Waals surface area contributed by atoms with Gasteiger partial charge in [0, 0.05) is 24.4 Å². The molecule has 2 aromatic rings. The predicted molar refractivity (Wildman–Crippen MR) is 84.7 cm³/mol. The van der Waals surface area contributed by atoms with E-state index in [1.165, 1.54) is 6.92 Å². The maximum atomic E-state index is 12.1. The summed E-state index contributed by atoms with van der Waals surface area (Å²) in [4.78, 5) is 33.3. The Kier molecular flexibility index (Phi) is 4.74. The van der Waals surface area contributed by atoms with Crippen LogP contribution < -0.4 is 10.6 Å². The number of anilines is 2. The molecule has 0 unspecified atom stereocenters. The van der Waals surface area contributed by atoms with Gasteiger partial charge in [-0.1, -0.05) is 17.7 Å². The summed E-state index contributed by atoms with van der Waals surface area (Å²) >= 11 is 6.55. The Balaban J connectivity index is 2.16. The topological polar surface area (TPSA) is 101 Å². The van der Waals surface area contributed by atoms with Crippen LogP contribution in [0.5, 0.6) is 0 Å². The van der Waals surface area contributed by atoms with Crippen molar-refractivity contribution in [2.75, 3.05) is 10.6 Å². The van der Waals surface area contributed by atoms with Crippen molar-refractivity contribution >= 4 is 51.8 Å². The molecule has 0 atom stereocenters. The fourth-order valence-electron chi connectivity index (χ4n) is 1.67. The van der Waals surface area contributed by atoms with Crippen molar-refractivity contribution in [2.45, 2.75) is 6.92 Å². The third-order valence-corrected chi connectivity index (χ3v) is 3.87. The number of nitrogens with one attached hydrogen (secondary N) is 2. The molecule has 0 bridgehead atoms. The van der Waals surface area contributed by atoms with Crippen LogP contribution in [0.2, 0.25) is 4.34 Å². The zero-order valence-electron chi connectivity index (χ0n) is 11.3. The molecule has 0 saturated carbocycles. The highest BCUT2D eigenvalue weighted by Gasteiger charge is 2.21. The number of thiophene rings is 1. The maximum Gasteiger partial charge on any atom is 0.299 e. The van der Waals surface area contributed by atoms with Gasteiger partial charge in [0.05, 0.1) is 4.92 Å². The molecule has 1 heterocycles. The minimum absolute atomic E-state index is 0.0536. The van der Waals surface area contributed by atoms with Crippen LogP contribution in [0.25, 0.3) is 0 Å². The van der Waals surface area contributed by atoms with E-state index in [0.717, 1.165) is 17.4 Å². The van der Waals surface area contributed by atoms with Gasteiger partial charge in [0.1, 0.15) is 4.88 Å². The quantitative estimate of drug-likeness (QED) is 0.657. The molecule has 0 saturated heterocycles. The Morgan fingerprint density at radius 2 is 1.86 bits per heavy atom. The number of benzene rings is 1. The molecule has 0 radical (unpaired) electrons. The Morgan fingerprint density at radius 3 is 2.41 bits per heavy atom. The lowest BCUT2D eigenvalue weighted by Crippen LogP contribution is -2.11. The fourth-order valence-corrected chi connectivity index (χ4v) is 2.78. The first-order valence-electron chi connectivity index (χ1n) is 5.99. The van der Waals surface area contributed by atoms with E-state index < -0.39 is 10.8 Å². The van der Waals surface area contributed by atoms with Gasteiger partial charge in [0.2, 0.25) is 5.91 Å². The van der Waals surface area contributed by atoms with Crippen LogP contribution >= 0.6 is 22.9 Å². The number of hydrogen-bond acceptors (Lipinski definition) is 5. The monoisotopic (exact) mass is 339 g/mol. The van der Waals surface area contributed by atoms with Gasteiger partial charge in [0.25, 0.3) is 11.6 Å². The van der Waals surface area contributed by atoms with Crippen molar-refractivity contribution in [2.24, 2.45) is 0 Å². The molecule has 22 heavy (non-hydrogen) atoms. The van der Waals surface area contributed by atoms with Gasteiger partial charge in [-0.25, -0.2) is 0 Å². The van der Waals surface area contributed by atoms with Crippen LogP contribution in [0.3, 0.4) is 0 Å². The minimum Gasteiger partial charge on any atom is -0.326 e. The molecule has 1 aromatic heterocycles. The lowest BCUT2D eigenvalue weighted by molar-refractivity contribution is -0.384. The average molecular weight is 340 g/mol. The minimum atomic E-state index is -0.646. The summed E-state index contributed by atoms with van der Waals surface area (Å²) in [5.74, 6) is -0.746. The second-order valence-electron chi connectivity index (χ2n) is 4.24. The van der Waals surface area contributed by atoms with E-state index in [-0.39, 0.29) is 20.8 Å².